The van der Waals surface area contributed by atoms with Crippen LogP contribution in [-0.4, -0.2) is 57.6 Å². The van der Waals surface area contributed by atoms with E-state index in [0.717, 1.165) is 4.90 Å². The Balaban J connectivity index is 2.73. The highest BCUT2D eigenvalue weighted by Gasteiger charge is 2.40. The zero-order valence-corrected chi connectivity index (χ0v) is 9.07. The zero-order valence-electron chi connectivity index (χ0n) is 9.07. The Morgan fingerprint density at radius 1 is 1.41 bits per heavy atom. The number of aliphatic hydroxyl groups excluding tert-OH is 1. The van der Waals surface area contributed by atoms with Gasteiger partial charge in [-0.15, -0.1) is 0 Å². The van der Waals surface area contributed by atoms with E-state index in [1.807, 2.05) is 0 Å². The van der Waals surface area contributed by atoms with E-state index in [2.05, 4.69) is 0 Å². The summed E-state index contributed by atoms with van der Waals surface area (Å²) in [5.74, 6) is -2.63. The molecule has 0 radical (unpaired) electrons. The van der Waals surface area contributed by atoms with Gasteiger partial charge in [-0.3, -0.25) is 9.59 Å². The molecule has 1 rings (SSSR count). The molecule has 0 aliphatic carbocycles. The quantitative estimate of drug-likeness (QED) is 0.421. The van der Waals surface area contributed by atoms with Gasteiger partial charge in [-0.1, -0.05) is 0 Å². The van der Waals surface area contributed by atoms with Crippen LogP contribution < -0.4 is 11.5 Å². The smallest absolute Gasteiger partial charge is 0.326 e. The second kappa shape index (κ2) is 5.11. The van der Waals surface area contributed by atoms with Crippen molar-refractivity contribution in [3.8, 4) is 0 Å². The number of carbonyl (C=O) groups is 3. The van der Waals surface area contributed by atoms with Crippen LogP contribution in [0.15, 0.2) is 0 Å². The molecule has 8 heteroatoms. The standard InChI is InChI=1S/C9H15N3O5/c10-5(2-7(11)14)8(15)12-3-4(13)1-6(12)9(16)17/h4-6,13H,1-3,10H2,(H2,11,14)(H,16,17)/t4-,5?,6+/m1/s1. The lowest BCUT2D eigenvalue weighted by Crippen LogP contribution is -2.49. The van der Waals surface area contributed by atoms with E-state index in [-0.39, 0.29) is 19.4 Å². The molecule has 0 saturated carbocycles. The van der Waals surface area contributed by atoms with Gasteiger partial charge in [-0.05, 0) is 0 Å². The van der Waals surface area contributed by atoms with Crippen molar-refractivity contribution < 1.29 is 24.6 Å². The molecule has 0 aromatic rings. The molecule has 0 aromatic heterocycles. The number of carbonyl (C=O) groups excluding carboxylic acids is 2. The van der Waals surface area contributed by atoms with Gasteiger partial charge in [0, 0.05) is 13.0 Å². The van der Waals surface area contributed by atoms with Crippen molar-refractivity contribution in [2.45, 2.75) is 31.0 Å². The van der Waals surface area contributed by atoms with E-state index in [4.69, 9.17) is 16.6 Å². The third kappa shape index (κ3) is 3.14. The van der Waals surface area contributed by atoms with Crippen molar-refractivity contribution in [3.05, 3.63) is 0 Å². The number of hydrogen-bond donors (Lipinski definition) is 4. The van der Waals surface area contributed by atoms with Gasteiger partial charge in [-0.25, -0.2) is 4.79 Å². The summed E-state index contributed by atoms with van der Waals surface area (Å²) in [4.78, 5) is 34.2. The largest absolute Gasteiger partial charge is 0.480 e. The Hall–Kier alpha value is -1.67. The fourth-order valence-corrected chi connectivity index (χ4v) is 1.81. The Bertz CT molecular complexity index is 346. The second-order valence-corrected chi connectivity index (χ2v) is 4.01. The monoisotopic (exact) mass is 245 g/mol. The minimum atomic E-state index is -1.21. The minimum Gasteiger partial charge on any atom is -0.480 e. The van der Waals surface area contributed by atoms with Crippen molar-refractivity contribution >= 4 is 17.8 Å². The van der Waals surface area contributed by atoms with E-state index >= 15 is 0 Å². The number of aliphatic carboxylic acids is 1. The SMILES string of the molecule is NC(=O)CC(N)C(=O)N1C[C@H](O)C[C@H]1C(=O)O. The van der Waals surface area contributed by atoms with Crippen LogP contribution in [0.5, 0.6) is 0 Å². The van der Waals surface area contributed by atoms with Crippen LogP contribution >= 0.6 is 0 Å². The van der Waals surface area contributed by atoms with Crippen LogP contribution in [0.25, 0.3) is 0 Å². The summed E-state index contributed by atoms with van der Waals surface area (Å²) in [7, 11) is 0. The molecule has 0 spiro atoms. The molecule has 0 bridgehead atoms. The van der Waals surface area contributed by atoms with Gasteiger partial charge in [0.05, 0.1) is 18.6 Å². The number of amides is 2. The van der Waals surface area contributed by atoms with Gasteiger partial charge in [0.15, 0.2) is 0 Å². The number of primary amides is 1. The highest BCUT2D eigenvalue weighted by atomic mass is 16.4. The number of carboxylic acid groups (broad SMARTS) is 1. The molecule has 3 atom stereocenters. The molecule has 96 valence electrons. The summed E-state index contributed by atoms with van der Waals surface area (Å²) < 4.78 is 0. The van der Waals surface area contributed by atoms with Crippen LogP contribution in [0.2, 0.25) is 0 Å². The first-order chi connectivity index (χ1) is 7.82. The Morgan fingerprint density at radius 2 is 2.00 bits per heavy atom. The molecule has 17 heavy (non-hydrogen) atoms. The molecular weight excluding hydrogens is 230 g/mol. The number of β-amino-alcohol motifs (C(OH)–C–C–N with tert-alkyl or cyclic N) is 1. The first-order valence-corrected chi connectivity index (χ1v) is 5.08. The van der Waals surface area contributed by atoms with Gasteiger partial charge in [0.2, 0.25) is 11.8 Å². The number of nitrogens with zero attached hydrogens (tertiary/aromatic N) is 1. The Labute approximate surface area is 97.2 Å². The molecule has 1 unspecified atom stereocenters. The minimum absolute atomic E-state index is 0.0373. The van der Waals surface area contributed by atoms with Gasteiger partial charge in [0.25, 0.3) is 0 Å². The molecule has 6 N–H and O–H groups in total. The van der Waals surface area contributed by atoms with Gasteiger partial charge < -0.3 is 26.6 Å². The first-order valence-electron chi connectivity index (χ1n) is 5.08. The number of likely N-dealkylation sites (tertiary alicyclic amines) is 1. The zero-order chi connectivity index (χ0) is 13.2. The fraction of sp³-hybridized carbons (Fsp3) is 0.667. The molecule has 8 nitrogen and oxygen atoms in total. The molecule has 1 aliphatic heterocycles. The van der Waals surface area contributed by atoms with Gasteiger partial charge >= 0.3 is 5.97 Å². The Kier molecular flexibility index (Phi) is 4.02. The summed E-state index contributed by atoms with van der Waals surface area (Å²) in [6, 6.07) is -2.27. The summed E-state index contributed by atoms with van der Waals surface area (Å²) in [5.41, 5.74) is 10.3. The van der Waals surface area contributed by atoms with Crippen molar-refractivity contribution in [1.82, 2.24) is 4.90 Å². The maximum Gasteiger partial charge on any atom is 0.326 e. The molecule has 0 aromatic carbocycles. The predicted octanol–water partition coefficient (Wildman–Crippen LogP) is -2.76. The van der Waals surface area contributed by atoms with Gasteiger partial charge in [0.1, 0.15) is 6.04 Å². The highest BCUT2D eigenvalue weighted by Crippen LogP contribution is 2.19. The molecular formula is C9H15N3O5. The van der Waals surface area contributed by atoms with Crippen LogP contribution in [0.4, 0.5) is 0 Å². The second-order valence-electron chi connectivity index (χ2n) is 4.01. The summed E-state index contributed by atoms with van der Waals surface area (Å²) in [6.07, 6.45) is -1.27. The summed E-state index contributed by atoms with van der Waals surface area (Å²) in [6.45, 7) is -0.0950. The molecule has 1 saturated heterocycles. The number of aliphatic hydroxyl groups is 1. The van der Waals surface area contributed by atoms with E-state index in [0.29, 0.717) is 0 Å². The third-order valence-corrected chi connectivity index (χ3v) is 2.59. The summed E-state index contributed by atoms with van der Waals surface area (Å²) >= 11 is 0. The van der Waals surface area contributed by atoms with E-state index in [9.17, 15) is 19.5 Å². The first kappa shape index (κ1) is 13.4. The maximum atomic E-state index is 11.8. The molecule has 1 heterocycles. The molecule has 1 aliphatic rings. The normalized spacial score (nSPS) is 25.6. The van der Waals surface area contributed by atoms with Crippen LogP contribution in [0, 0.1) is 0 Å². The lowest BCUT2D eigenvalue weighted by atomic mass is 10.1. The average molecular weight is 245 g/mol. The van der Waals surface area contributed by atoms with Gasteiger partial charge in [-0.2, -0.15) is 0 Å². The van der Waals surface area contributed by atoms with Crippen molar-refractivity contribution in [3.63, 3.8) is 0 Å². The highest BCUT2D eigenvalue weighted by molar-refractivity contribution is 5.90. The predicted molar refractivity (Wildman–Crippen MR) is 55.5 cm³/mol. The number of nitrogens with two attached hydrogens (primary N) is 2. The maximum absolute atomic E-state index is 11.8. The lowest BCUT2D eigenvalue weighted by Gasteiger charge is -2.23. The van der Waals surface area contributed by atoms with Crippen molar-refractivity contribution in [1.29, 1.82) is 0 Å². The van der Waals surface area contributed by atoms with E-state index in [1.54, 1.807) is 0 Å². The van der Waals surface area contributed by atoms with E-state index in [1.165, 1.54) is 0 Å². The van der Waals surface area contributed by atoms with Crippen LogP contribution in [0.3, 0.4) is 0 Å². The number of hydrogen-bond acceptors (Lipinski definition) is 5. The topological polar surface area (TPSA) is 147 Å². The van der Waals surface area contributed by atoms with Crippen molar-refractivity contribution in [2.24, 2.45) is 11.5 Å². The fourth-order valence-electron chi connectivity index (χ4n) is 1.81. The third-order valence-electron chi connectivity index (χ3n) is 2.59. The van der Waals surface area contributed by atoms with E-state index < -0.39 is 36.0 Å². The van der Waals surface area contributed by atoms with Crippen LogP contribution in [0.1, 0.15) is 12.8 Å². The molecule has 2 amide bonds. The molecule has 1 fully saturated rings. The van der Waals surface area contributed by atoms with Crippen LogP contribution in [-0.2, 0) is 14.4 Å². The lowest BCUT2D eigenvalue weighted by molar-refractivity contribution is -0.148. The number of rotatable bonds is 4. The Morgan fingerprint density at radius 3 is 2.47 bits per heavy atom. The number of carboxylic acids is 1. The summed E-state index contributed by atoms with van der Waals surface area (Å²) in [5, 5.41) is 18.2. The average Bonchev–Trinajstić information content (AvgIpc) is 2.58. The van der Waals surface area contributed by atoms with Crippen molar-refractivity contribution in [2.75, 3.05) is 6.54 Å².